The van der Waals surface area contributed by atoms with Crippen LogP contribution in [0.1, 0.15) is 97.5 Å². The summed E-state index contributed by atoms with van der Waals surface area (Å²) in [6, 6.07) is 13.3. The number of benzene rings is 1. The molecule has 1 aliphatic carbocycles. The Bertz CT molecular complexity index is 1140. The zero-order chi connectivity index (χ0) is 24.3. The number of nitrogens with zero attached hydrogens (tertiary/aromatic N) is 2. The van der Waals surface area contributed by atoms with E-state index in [9.17, 15) is 15.3 Å². The lowest BCUT2D eigenvalue weighted by atomic mass is 9.99. The molecule has 0 saturated heterocycles. The van der Waals surface area contributed by atoms with Gasteiger partial charge in [-0.15, -0.1) is 11.3 Å². The Kier molecular flexibility index (Phi) is 10.3. The molecule has 176 valence electrons. The Balaban J connectivity index is 1.62. The highest BCUT2D eigenvalue weighted by Crippen LogP contribution is 2.41. The van der Waals surface area contributed by atoms with Crippen molar-refractivity contribution >= 4 is 44.7 Å². The van der Waals surface area contributed by atoms with Gasteiger partial charge in [-0.3, -0.25) is 4.79 Å². The minimum absolute atomic E-state index is 0.0224. The fourth-order valence-corrected chi connectivity index (χ4v) is 6.21. The molecule has 0 bridgehead atoms. The Morgan fingerprint density at radius 1 is 0.941 bits per heavy atom. The van der Waals surface area contributed by atoms with Crippen LogP contribution in [0.2, 0.25) is 0 Å². The van der Waals surface area contributed by atoms with Crippen molar-refractivity contribution in [3.63, 3.8) is 0 Å². The van der Waals surface area contributed by atoms with Crippen LogP contribution < -0.4 is 0 Å². The van der Waals surface area contributed by atoms with Crippen LogP contribution in [-0.4, -0.2) is 5.78 Å². The summed E-state index contributed by atoms with van der Waals surface area (Å²) in [5.41, 5.74) is 3.33. The standard InChI is InChI=1S/C29H31BrN2OS/c1-2-3-4-5-6-7-8-9-10-11-14-21-17-23(34-29(21)30)18-26-27(22(19-31)20-32)24-15-12-13-16-25(24)28(26)33/h12-13,15-18H,2-11,14H2,1H3/b26-18+. The maximum atomic E-state index is 13.1. The molecule has 0 saturated carbocycles. The number of carbonyl (C=O) groups is 1. The summed E-state index contributed by atoms with van der Waals surface area (Å²) in [6.45, 7) is 2.26. The van der Waals surface area contributed by atoms with Crippen LogP contribution in [0.25, 0.3) is 11.6 Å². The van der Waals surface area contributed by atoms with Gasteiger partial charge in [-0.2, -0.15) is 10.5 Å². The quantitative estimate of drug-likeness (QED) is 0.155. The predicted octanol–water partition coefficient (Wildman–Crippen LogP) is 9.05. The van der Waals surface area contributed by atoms with Gasteiger partial charge in [0.2, 0.25) is 0 Å². The topological polar surface area (TPSA) is 64.7 Å². The van der Waals surface area contributed by atoms with E-state index in [0.29, 0.717) is 22.3 Å². The van der Waals surface area contributed by atoms with E-state index in [1.807, 2.05) is 30.3 Å². The second-order valence-electron chi connectivity index (χ2n) is 8.79. The summed E-state index contributed by atoms with van der Waals surface area (Å²) in [6.07, 6.45) is 16.0. The second kappa shape index (κ2) is 13.4. The van der Waals surface area contributed by atoms with Gasteiger partial charge < -0.3 is 0 Å². The molecular weight excluding hydrogens is 504 g/mol. The minimum atomic E-state index is -0.130. The zero-order valence-corrected chi connectivity index (χ0v) is 22.2. The molecule has 0 unspecified atom stereocenters. The molecule has 3 nitrogen and oxygen atoms in total. The van der Waals surface area contributed by atoms with Crippen LogP contribution >= 0.6 is 27.3 Å². The number of thiophene rings is 1. The Labute approximate surface area is 215 Å². The molecule has 1 heterocycles. The summed E-state index contributed by atoms with van der Waals surface area (Å²) < 4.78 is 1.09. The monoisotopic (exact) mass is 534 g/mol. The average molecular weight is 536 g/mol. The summed E-state index contributed by atoms with van der Waals surface area (Å²) >= 11 is 5.28. The molecule has 0 N–H and O–H groups in total. The number of Topliss-reactive ketones (excluding diaryl/α,β-unsaturated/α-hetero) is 1. The molecule has 1 aromatic heterocycles. The van der Waals surface area contributed by atoms with E-state index >= 15 is 0 Å². The SMILES string of the molecule is CCCCCCCCCCCCc1cc(/C=C2/C(=O)c3ccccc3C2=C(C#N)C#N)sc1Br. The highest BCUT2D eigenvalue weighted by atomic mass is 79.9. The first-order valence-corrected chi connectivity index (χ1v) is 13.9. The highest BCUT2D eigenvalue weighted by molar-refractivity contribution is 9.11. The molecule has 5 heteroatoms. The van der Waals surface area contributed by atoms with Gasteiger partial charge in [0.25, 0.3) is 0 Å². The number of rotatable bonds is 12. The van der Waals surface area contributed by atoms with Gasteiger partial charge >= 0.3 is 0 Å². The van der Waals surface area contributed by atoms with Crippen molar-refractivity contribution < 1.29 is 4.79 Å². The average Bonchev–Trinajstić information content (AvgIpc) is 3.33. The lowest BCUT2D eigenvalue weighted by Crippen LogP contribution is -1.95. The van der Waals surface area contributed by atoms with E-state index in [4.69, 9.17) is 0 Å². The summed E-state index contributed by atoms with van der Waals surface area (Å²) in [7, 11) is 0. The van der Waals surface area contributed by atoms with E-state index in [-0.39, 0.29) is 11.4 Å². The third-order valence-corrected chi connectivity index (χ3v) is 8.20. The maximum absolute atomic E-state index is 13.1. The van der Waals surface area contributed by atoms with Crippen molar-refractivity contribution in [3.05, 3.63) is 66.8 Å². The van der Waals surface area contributed by atoms with Gasteiger partial charge in [0, 0.05) is 21.6 Å². The van der Waals surface area contributed by atoms with Crippen LogP contribution in [0, 0.1) is 22.7 Å². The molecule has 34 heavy (non-hydrogen) atoms. The molecular formula is C29H31BrN2OS. The van der Waals surface area contributed by atoms with Gasteiger partial charge in [0.15, 0.2) is 5.78 Å². The molecule has 0 spiro atoms. The fraction of sp³-hybridized carbons (Fsp3) is 0.414. The number of unbranched alkanes of at least 4 members (excludes halogenated alkanes) is 9. The lowest BCUT2D eigenvalue weighted by molar-refractivity contribution is 0.104. The van der Waals surface area contributed by atoms with E-state index < -0.39 is 0 Å². The van der Waals surface area contributed by atoms with Gasteiger partial charge in [-0.1, -0.05) is 89.0 Å². The van der Waals surface area contributed by atoms with Crippen molar-refractivity contribution in [1.82, 2.24) is 0 Å². The van der Waals surface area contributed by atoms with Crippen molar-refractivity contribution in [2.75, 3.05) is 0 Å². The maximum Gasteiger partial charge on any atom is 0.194 e. The van der Waals surface area contributed by atoms with E-state index in [2.05, 4.69) is 28.9 Å². The Morgan fingerprint density at radius 3 is 2.15 bits per heavy atom. The fourth-order valence-electron chi connectivity index (χ4n) is 4.46. The van der Waals surface area contributed by atoms with Crippen LogP contribution in [0.5, 0.6) is 0 Å². The molecule has 3 rings (SSSR count). The molecule has 1 aromatic carbocycles. The molecule has 0 fully saturated rings. The summed E-state index contributed by atoms with van der Waals surface area (Å²) in [5, 5.41) is 19.0. The van der Waals surface area contributed by atoms with E-state index in [1.54, 1.807) is 23.5 Å². The smallest absolute Gasteiger partial charge is 0.194 e. The molecule has 2 aromatic rings. The Hall–Kier alpha value is -2.47. The van der Waals surface area contributed by atoms with Crippen molar-refractivity contribution in [3.8, 4) is 12.1 Å². The van der Waals surface area contributed by atoms with Gasteiger partial charge in [-0.25, -0.2) is 0 Å². The number of hydrogen-bond acceptors (Lipinski definition) is 4. The third-order valence-electron chi connectivity index (χ3n) is 6.29. The number of ketones is 1. The van der Waals surface area contributed by atoms with Crippen LogP contribution in [-0.2, 0) is 6.42 Å². The largest absolute Gasteiger partial charge is 0.289 e. The van der Waals surface area contributed by atoms with Gasteiger partial charge in [0.05, 0.1) is 3.79 Å². The van der Waals surface area contributed by atoms with Crippen molar-refractivity contribution in [1.29, 1.82) is 10.5 Å². The molecule has 0 amide bonds. The number of fused-ring (bicyclic) bond motifs is 1. The normalized spacial score (nSPS) is 13.7. The first kappa shape index (κ1) is 26.1. The van der Waals surface area contributed by atoms with Gasteiger partial charge in [0.1, 0.15) is 17.7 Å². The number of aryl methyl sites for hydroxylation is 1. The Morgan fingerprint density at radius 2 is 1.53 bits per heavy atom. The van der Waals surface area contributed by atoms with Crippen LogP contribution in [0.4, 0.5) is 0 Å². The number of allylic oxidation sites excluding steroid dienone is 3. The predicted molar refractivity (Wildman–Crippen MR) is 144 cm³/mol. The van der Waals surface area contributed by atoms with Crippen LogP contribution in [0.3, 0.4) is 0 Å². The first-order chi connectivity index (χ1) is 16.6. The molecule has 0 atom stereocenters. The number of halogens is 1. The molecule has 0 radical (unpaired) electrons. The zero-order valence-electron chi connectivity index (χ0n) is 19.8. The summed E-state index contributed by atoms with van der Waals surface area (Å²) in [5.74, 6) is -0.130. The highest BCUT2D eigenvalue weighted by Gasteiger charge is 2.32. The summed E-state index contributed by atoms with van der Waals surface area (Å²) in [4.78, 5) is 14.0. The van der Waals surface area contributed by atoms with E-state index in [1.165, 1.54) is 63.4 Å². The molecule has 1 aliphatic rings. The number of carbonyl (C=O) groups excluding carboxylic acids is 1. The van der Waals surface area contributed by atoms with Gasteiger partial charge in [-0.05, 0) is 52.0 Å². The number of nitriles is 2. The third kappa shape index (κ3) is 6.56. The van der Waals surface area contributed by atoms with Crippen LogP contribution in [0.15, 0.2) is 45.3 Å². The minimum Gasteiger partial charge on any atom is -0.289 e. The second-order valence-corrected chi connectivity index (χ2v) is 11.2. The van der Waals surface area contributed by atoms with Crippen molar-refractivity contribution in [2.24, 2.45) is 0 Å². The van der Waals surface area contributed by atoms with E-state index in [0.717, 1.165) is 21.5 Å². The lowest BCUT2D eigenvalue weighted by Gasteiger charge is -2.02. The van der Waals surface area contributed by atoms with Crippen molar-refractivity contribution in [2.45, 2.75) is 77.6 Å². The number of hydrogen-bond donors (Lipinski definition) is 0. The molecule has 0 aliphatic heterocycles. The first-order valence-electron chi connectivity index (χ1n) is 12.3.